The van der Waals surface area contributed by atoms with Crippen LogP contribution in [-0.4, -0.2) is 13.2 Å². The van der Waals surface area contributed by atoms with Crippen LogP contribution in [0.5, 0.6) is 0 Å². The van der Waals surface area contributed by atoms with E-state index in [2.05, 4.69) is 30.4 Å². The monoisotopic (exact) mass is 275 g/mol. The molecule has 0 aliphatic heterocycles. The van der Waals surface area contributed by atoms with Crippen molar-refractivity contribution in [3.05, 3.63) is 64.7 Å². The normalized spacial score (nSPS) is 10.4. The number of aryl methyl sites for hydroxylation is 1. The van der Waals surface area contributed by atoms with Crippen LogP contribution in [0.1, 0.15) is 11.1 Å². The molecule has 19 heavy (non-hydrogen) atoms. The van der Waals surface area contributed by atoms with Crippen molar-refractivity contribution in [3.8, 4) is 0 Å². The van der Waals surface area contributed by atoms with Gasteiger partial charge in [-0.3, -0.25) is 0 Å². The van der Waals surface area contributed by atoms with Crippen molar-refractivity contribution in [3.63, 3.8) is 0 Å². The molecule has 0 aliphatic rings. The second-order valence-corrected chi connectivity index (χ2v) is 4.91. The van der Waals surface area contributed by atoms with Crippen LogP contribution < -0.4 is 5.32 Å². The van der Waals surface area contributed by atoms with Gasteiger partial charge in [0.25, 0.3) is 0 Å². The zero-order valence-electron chi connectivity index (χ0n) is 11.0. The average Bonchev–Trinajstić information content (AvgIpc) is 2.41. The van der Waals surface area contributed by atoms with Crippen LogP contribution in [-0.2, 0) is 11.3 Å². The topological polar surface area (TPSA) is 21.3 Å². The minimum absolute atomic E-state index is 0.618. The zero-order chi connectivity index (χ0) is 13.5. The van der Waals surface area contributed by atoms with Gasteiger partial charge in [-0.15, -0.1) is 0 Å². The molecule has 2 rings (SSSR count). The maximum absolute atomic E-state index is 5.83. The fourth-order valence-electron chi connectivity index (χ4n) is 1.79. The summed E-state index contributed by atoms with van der Waals surface area (Å²) in [5, 5.41) is 4.09. The molecule has 2 nitrogen and oxygen atoms in total. The minimum atomic E-state index is 0.618. The van der Waals surface area contributed by atoms with Gasteiger partial charge in [0.1, 0.15) is 0 Å². The lowest BCUT2D eigenvalue weighted by Gasteiger charge is -2.08. The van der Waals surface area contributed by atoms with E-state index in [-0.39, 0.29) is 0 Å². The Morgan fingerprint density at radius 1 is 1.11 bits per heavy atom. The van der Waals surface area contributed by atoms with Crippen molar-refractivity contribution >= 4 is 17.3 Å². The Morgan fingerprint density at radius 3 is 2.63 bits per heavy atom. The highest BCUT2D eigenvalue weighted by Crippen LogP contribution is 2.11. The van der Waals surface area contributed by atoms with E-state index in [1.165, 1.54) is 5.56 Å². The molecule has 0 saturated carbocycles. The molecule has 0 fully saturated rings. The second-order valence-electron chi connectivity index (χ2n) is 4.48. The van der Waals surface area contributed by atoms with Crippen LogP contribution in [0.25, 0.3) is 0 Å². The van der Waals surface area contributed by atoms with Crippen LogP contribution in [0.4, 0.5) is 5.69 Å². The molecule has 0 radical (unpaired) electrons. The predicted molar refractivity (Wildman–Crippen MR) is 80.8 cm³/mol. The Hall–Kier alpha value is -1.51. The maximum Gasteiger partial charge on any atom is 0.0717 e. The maximum atomic E-state index is 5.83. The van der Waals surface area contributed by atoms with Crippen molar-refractivity contribution in [1.82, 2.24) is 0 Å². The molecule has 2 aromatic carbocycles. The molecule has 2 aromatic rings. The summed E-state index contributed by atoms with van der Waals surface area (Å²) >= 11 is 5.83. The van der Waals surface area contributed by atoms with Crippen molar-refractivity contribution in [2.24, 2.45) is 0 Å². The summed E-state index contributed by atoms with van der Waals surface area (Å²) in [5.74, 6) is 0. The summed E-state index contributed by atoms with van der Waals surface area (Å²) < 4.78 is 5.61. The molecule has 1 N–H and O–H groups in total. The lowest BCUT2D eigenvalue weighted by molar-refractivity contribution is 0.130. The number of hydrogen-bond donors (Lipinski definition) is 1. The quantitative estimate of drug-likeness (QED) is 0.795. The molecule has 0 atom stereocenters. The van der Waals surface area contributed by atoms with Crippen molar-refractivity contribution in [2.75, 3.05) is 18.5 Å². The highest BCUT2D eigenvalue weighted by atomic mass is 35.5. The van der Waals surface area contributed by atoms with Crippen LogP contribution >= 0.6 is 11.6 Å². The fourth-order valence-corrected chi connectivity index (χ4v) is 1.92. The van der Waals surface area contributed by atoms with Crippen LogP contribution in [0.2, 0.25) is 5.02 Å². The Balaban J connectivity index is 1.66. The van der Waals surface area contributed by atoms with E-state index in [0.717, 1.165) is 22.8 Å². The van der Waals surface area contributed by atoms with E-state index in [9.17, 15) is 0 Å². The number of halogens is 1. The Bertz CT molecular complexity index is 510. The number of benzene rings is 2. The van der Waals surface area contributed by atoms with Gasteiger partial charge in [-0.2, -0.15) is 0 Å². The van der Waals surface area contributed by atoms with E-state index < -0.39 is 0 Å². The number of hydrogen-bond acceptors (Lipinski definition) is 2. The minimum Gasteiger partial charge on any atom is -0.383 e. The van der Waals surface area contributed by atoms with Gasteiger partial charge in [-0.05, 0) is 42.3 Å². The van der Waals surface area contributed by atoms with Crippen LogP contribution in [0.3, 0.4) is 0 Å². The highest BCUT2D eigenvalue weighted by Gasteiger charge is 1.95. The van der Waals surface area contributed by atoms with Crippen molar-refractivity contribution in [1.29, 1.82) is 0 Å². The molecule has 3 heteroatoms. The van der Waals surface area contributed by atoms with Gasteiger partial charge in [0.2, 0.25) is 0 Å². The van der Waals surface area contributed by atoms with Gasteiger partial charge >= 0.3 is 0 Å². The Kier molecular flexibility index (Phi) is 5.25. The molecule has 100 valence electrons. The summed E-state index contributed by atoms with van der Waals surface area (Å²) in [7, 11) is 0. The largest absolute Gasteiger partial charge is 0.383 e. The number of rotatable bonds is 6. The molecule has 0 heterocycles. The summed E-state index contributed by atoms with van der Waals surface area (Å²) in [6, 6.07) is 16.0. The smallest absolute Gasteiger partial charge is 0.0717 e. The zero-order valence-corrected chi connectivity index (χ0v) is 11.8. The second kappa shape index (κ2) is 7.17. The van der Waals surface area contributed by atoms with Gasteiger partial charge in [0, 0.05) is 17.3 Å². The first-order chi connectivity index (χ1) is 9.24. The molecule has 0 spiro atoms. The predicted octanol–water partition coefficient (Wildman–Crippen LogP) is 4.28. The van der Waals surface area contributed by atoms with Crippen molar-refractivity contribution in [2.45, 2.75) is 13.5 Å². The first-order valence-electron chi connectivity index (χ1n) is 6.37. The summed E-state index contributed by atoms with van der Waals surface area (Å²) in [4.78, 5) is 0. The van der Waals surface area contributed by atoms with Crippen LogP contribution in [0, 0.1) is 6.92 Å². The number of ether oxygens (including phenoxy) is 1. The van der Waals surface area contributed by atoms with E-state index in [1.807, 2.05) is 30.3 Å². The molecule has 0 amide bonds. The molecular formula is C16H18ClNO. The molecule has 0 aliphatic carbocycles. The summed E-state index contributed by atoms with van der Waals surface area (Å²) in [6.45, 7) is 4.18. The van der Waals surface area contributed by atoms with E-state index >= 15 is 0 Å². The number of nitrogens with one attached hydrogen (secondary N) is 1. The summed E-state index contributed by atoms with van der Waals surface area (Å²) in [5.41, 5.74) is 3.53. The Morgan fingerprint density at radius 2 is 1.89 bits per heavy atom. The molecule has 0 bridgehead atoms. The molecule has 0 aromatic heterocycles. The third-order valence-corrected chi connectivity index (χ3v) is 3.03. The van der Waals surface area contributed by atoms with E-state index in [0.29, 0.717) is 13.2 Å². The third-order valence-electron chi connectivity index (χ3n) is 2.78. The third kappa shape index (κ3) is 4.93. The first kappa shape index (κ1) is 13.9. The van der Waals surface area contributed by atoms with Gasteiger partial charge < -0.3 is 10.1 Å². The fraction of sp³-hybridized carbons (Fsp3) is 0.250. The lowest BCUT2D eigenvalue weighted by Crippen LogP contribution is -2.09. The number of anilines is 1. The highest BCUT2D eigenvalue weighted by molar-refractivity contribution is 6.30. The standard InChI is InChI=1S/C16H18ClNO/c1-13-3-2-4-16(11-13)18-9-10-19-12-14-5-7-15(17)8-6-14/h2-8,11,18H,9-10,12H2,1H3. The van der Waals surface area contributed by atoms with Gasteiger partial charge in [0.15, 0.2) is 0 Å². The molecule has 0 saturated heterocycles. The summed E-state index contributed by atoms with van der Waals surface area (Å²) in [6.07, 6.45) is 0. The lowest BCUT2D eigenvalue weighted by atomic mass is 10.2. The van der Waals surface area contributed by atoms with Crippen molar-refractivity contribution < 1.29 is 4.74 Å². The Labute approximate surface area is 119 Å². The van der Waals surface area contributed by atoms with Crippen LogP contribution in [0.15, 0.2) is 48.5 Å². The average molecular weight is 276 g/mol. The molecule has 0 unspecified atom stereocenters. The first-order valence-corrected chi connectivity index (χ1v) is 6.74. The van der Waals surface area contributed by atoms with Gasteiger partial charge in [-0.25, -0.2) is 0 Å². The molecular weight excluding hydrogens is 258 g/mol. The van der Waals surface area contributed by atoms with E-state index in [1.54, 1.807) is 0 Å². The van der Waals surface area contributed by atoms with Gasteiger partial charge in [-0.1, -0.05) is 35.9 Å². The van der Waals surface area contributed by atoms with Gasteiger partial charge in [0.05, 0.1) is 13.2 Å². The SMILES string of the molecule is Cc1cccc(NCCOCc2ccc(Cl)cc2)c1. The van der Waals surface area contributed by atoms with E-state index in [4.69, 9.17) is 16.3 Å².